The van der Waals surface area contributed by atoms with Gasteiger partial charge in [0, 0.05) is 24.2 Å². The Morgan fingerprint density at radius 1 is 1.06 bits per heavy atom. The van der Waals surface area contributed by atoms with Crippen LogP contribution in [-0.4, -0.2) is 28.1 Å². The Kier molecular flexibility index (Phi) is 4.22. The molecule has 0 radical (unpaired) electrons. The maximum atomic E-state index is 14.3. The number of nitrogens with zero attached hydrogens (tertiary/aromatic N) is 3. The molecule has 0 saturated carbocycles. The fraction of sp³-hybridized carbons (Fsp3) is 0.261. The second-order valence-corrected chi connectivity index (χ2v) is 8.40. The van der Waals surface area contributed by atoms with Crippen molar-refractivity contribution in [3.63, 3.8) is 0 Å². The molecule has 158 valence electrons. The molecule has 0 aliphatic carbocycles. The Balaban J connectivity index is 1.74. The zero-order valence-corrected chi connectivity index (χ0v) is 17.0. The standard InChI is InChI=1S/C23H20F2N4O2/c1-13(2)12-28-19-8-5-15(25)9-17(19)23(22(28)31)10-20(30)27-21-18(23)11-26-29(21)16-6-3-14(24)4-7-16/h3-9,11,13H,10,12H2,1-2H3,(H,27,30)/t23-/m0/s1. The van der Waals surface area contributed by atoms with Gasteiger partial charge in [-0.1, -0.05) is 13.8 Å². The van der Waals surface area contributed by atoms with Crippen molar-refractivity contribution in [1.29, 1.82) is 0 Å². The van der Waals surface area contributed by atoms with Gasteiger partial charge in [-0.05, 0) is 53.9 Å². The van der Waals surface area contributed by atoms with Gasteiger partial charge in [-0.3, -0.25) is 9.59 Å². The predicted octanol–water partition coefficient (Wildman–Crippen LogP) is 3.78. The van der Waals surface area contributed by atoms with Crippen LogP contribution in [0.2, 0.25) is 0 Å². The number of hydrogen-bond donors (Lipinski definition) is 1. The first-order valence-corrected chi connectivity index (χ1v) is 10.1. The lowest BCUT2D eigenvalue weighted by Crippen LogP contribution is -2.47. The zero-order valence-electron chi connectivity index (χ0n) is 17.0. The summed E-state index contributed by atoms with van der Waals surface area (Å²) in [5.74, 6) is -1.00. The third-order valence-corrected chi connectivity index (χ3v) is 5.85. The Labute approximate surface area is 177 Å². The fourth-order valence-electron chi connectivity index (χ4n) is 4.59. The van der Waals surface area contributed by atoms with Crippen LogP contribution in [0, 0.1) is 17.6 Å². The van der Waals surface area contributed by atoms with E-state index in [4.69, 9.17) is 0 Å². The van der Waals surface area contributed by atoms with Crippen LogP contribution in [0.15, 0.2) is 48.7 Å². The third kappa shape index (κ3) is 2.78. The van der Waals surface area contributed by atoms with E-state index in [2.05, 4.69) is 10.4 Å². The molecule has 31 heavy (non-hydrogen) atoms. The molecule has 0 unspecified atom stereocenters. The molecule has 0 fully saturated rings. The highest BCUT2D eigenvalue weighted by molar-refractivity contribution is 6.15. The first-order chi connectivity index (χ1) is 14.8. The van der Waals surface area contributed by atoms with Gasteiger partial charge in [0.2, 0.25) is 11.8 Å². The number of halogens is 2. The van der Waals surface area contributed by atoms with E-state index in [0.29, 0.717) is 34.9 Å². The van der Waals surface area contributed by atoms with Crippen LogP contribution in [-0.2, 0) is 15.0 Å². The van der Waals surface area contributed by atoms with Crippen molar-refractivity contribution in [2.45, 2.75) is 25.7 Å². The number of benzene rings is 2. The second kappa shape index (κ2) is 6.73. The van der Waals surface area contributed by atoms with E-state index < -0.39 is 17.0 Å². The van der Waals surface area contributed by atoms with Crippen LogP contribution in [0.4, 0.5) is 20.3 Å². The molecule has 1 N–H and O–H groups in total. The van der Waals surface area contributed by atoms with Crippen LogP contribution in [0.5, 0.6) is 0 Å². The highest BCUT2D eigenvalue weighted by atomic mass is 19.1. The molecule has 0 bridgehead atoms. The van der Waals surface area contributed by atoms with Crippen molar-refractivity contribution in [2.24, 2.45) is 5.92 Å². The maximum absolute atomic E-state index is 14.3. The number of fused-ring (bicyclic) bond motifs is 4. The van der Waals surface area contributed by atoms with E-state index in [1.807, 2.05) is 13.8 Å². The summed E-state index contributed by atoms with van der Waals surface area (Å²) in [6.07, 6.45) is 1.39. The molecule has 2 aliphatic heterocycles. The van der Waals surface area contributed by atoms with Crippen LogP contribution < -0.4 is 10.2 Å². The third-order valence-electron chi connectivity index (χ3n) is 5.85. The minimum absolute atomic E-state index is 0.140. The van der Waals surface area contributed by atoms with Gasteiger partial charge >= 0.3 is 0 Å². The summed E-state index contributed by atoms with van der Waals surface area (Å²) in [4.78, 5) is 28.3. The number of anilines is 2. The highest BCUT2D eigenvalue weighted by Crippen LogP contribution is 2.52. The molecule has 3 heterocycles. The summed E-state index contributed by atoms with van der Waals surface area (Å²) in [7, 11) is 0. The van der Waals surface area contributed by atoms with E-state index in [9.17, 15) is 18.4 Å². The van der Waals surface area contributed by atoms with Crippen molar-refractivity contribution in [1.82, 2.24) is 9.78 Å². The van der Waals surface area contributed by atoms with E-state index in [-0.39, 0.29) is 24.2 Å². The molecule has 1 atom stereocenters. The number of hydrogen-bond acceptors (Lipinski definition) is 3. The molecular formula is C23H20F2N4O2. The molecule has 1 aromatic heterocycles. The number of aromatic nitrogens is 2. The normalized spacial score (nSPS) is 19.7. The van der Waals surface area contributed by atoms with Gasteiger partial charge in [-0.2, -0.15) is 5.10 Å². The minimum Gasteiger partial charge on any atom is -0.311 e. The molecule has 5 rings (SSSR count). The Hall–Kier alpha value is -3.55. The predicted molar refractivity (Wildman–Crippen MR) is 111 cm³/mol. The number of carbonyl (C=O) groups excluding carboxylic acids is 2. The van der Waals surface area contributed by atoms with Crippen LogP contribution in [0.1, 0.15) is 31.4 Å². The summed E-state index contributed by atoms with van der Waals surface area (Å²) in [6.45, 7) is 4.43. The first-order valence-electron chi connectivity index (χ1n) is 10.1. The molecule has 0 saturated heterocycles. The topological polar surface area (TPSA) is 67.2 Å². The van der Waals surface area contributed by atoms with E-state index >= 15 is 0 Å². The van der Waals surface area contributed by atoms with Gasteiger partial charge in [0.1, 0.15) is 22.9 Å². The summed E-state index contributed by atoms with van der Waals surface area (Å²) in [6, 6.07) is 9.90. The van der Waals surface area contributed by atoms with E-state index in [1.54, 1.807) is 11.0 Å². The molecule has 2 aromatic carbocycles. The quantitative estimate of drug-likeness (QED) is 0.699. The average Bonchev–Trinajstić information content (AvgIpc) is 3.23. The zero-order chi connectivity index (χ0) is 21.9. The van der Waals surface area contributed by atoms with Crippen molar-refractivity contribution in [3.8, 4) is 5.69 Å². The molecule has 2 amide bonds. The van der Waals surface area contributed by atoms with Crippen molar-refractivity contribution in [2.75, 3.05) is 16.8 Å². The summed E-state index contributed by atoms with van der Waals surface area (Å²) < 4.78 is 29.2. The molecule has 6 nitrogen and oxygen atoms in total. The Bertz CT molecular complexity index is 1220. The smallest absolute Gasteiger partial charge is 0.242 e. The number of amides is 2. The van der Waals surface area contributed by atoms with Crippen LogP contribution >= 0.6 is 0 Å². The largest absolute Gasteiger partial charge is 0.311 e. The summed E-state index contributed by atoms with van der Waals surface area (Å²) in [5.41, 5.74) is 0.745. The maximum Gasteiger partial charge on any atom is 0.242 e. The molecular weight excluding hydrogens is 402 g/mol. The lowest BCUT2D eigenvalue weighted by molar-refractivity contribution is -0.126. The molecule has 8 heteroatoms. The van der Waals surface area contributed by atoms with E-state index in [0.717, 1.165) is 0 Å². The van der Waals surface area contributed by atoms with Gasteiger partial charge in [0.15, 0.2) is 0 Å². The first kappa shape index (κ1) is 19.4. The van der Waals surface area contributed by atoms with Gasteiger partial charge in [0.25, 0.3) is 0 Å². The number of rotatable bonds is 3. The average molecular weight is 422 g/mol. The Morgan fingerprint density at radius 2 is 1.77 bits per heavy atom. The monoisotopic (exact) mass is 422 g/mol. The van der Waals surface area contributed by atoms with Crippen LogP contribution in [0.25, 0.3) is 5.69 Å². The lowest BCUT2D eigenvalue weighted by atomic mass is 9.71. The van der Waals surface area contributed by atoms with Crippen molar-refractivity contribution in [3.05, 3.63) is 71.4 Å². The van der Waals surface area contributed by atoms with Gasteiger partial charge in [-0.25, -0.2) is 13.5 Å². The van der Waals surface area contributed by atoms with Gasteiger partial charge < -0.3 is 10.2 Å². The van der Waals surface area contributed by atoms with Gasteiger partial charge in [0.05, 0.1) is 11.9 Å². The van der Waals surface area contributed by atoms with Crippen molar-refractivity contribution >= 4 is 23.3 Å². The molecule has 3 aromatic rings. The minimum atomic E-state index is -1.36. The highest BCUT2D eigenvalue weighted by Gasteiger charge is 2.57. The van der Waals surface area contributed by atoms with Gasteiger partial charge in [-0.15, -0.1) is 0 Å². The summed E-state index contributed by atoms with van der Waals surface area (Å²) in [5, 5.41) is 7.18. The lowest BCUT2D eigenvalue weighted by Gasteiger charge is -2.32. The fourth-order valence-corrected chi connectivity index (χ4v) is 4.59. The molecule has 1 spiro atoms. The van der Waals surface area contributed by atoms with Crippen molar-refractivity contribution < 1.29 is 18.4 Å². The molecule has 2 aliphatic rings. The second-order valence-electron chi connectivity index (χ2n) is 8.40. The number of carbonyl (C=O) groups is 2. The summed E-state index contributed by atoms with van der Waals surface area (Å²) >= 11 is 0. The number of nitrogens with one attached hydrogen (secondary N) is 1. The van der Waals surface area contributed by atoms with E-state index in [1.165, 1.54) is 47.3 Å². The SMILES string of the molecule is CC(C)CN1C(=O)[C@@]2(CC(=O)Nc3c2cnn3-c2ccc(F)cc2)c2cc(F)ccc21. The van der Waals surface area contributed by atoms with Crippen LogP contribution in [0.3, 0.4) is 0 Å². The Morgan fingerprint density at radius 3 is 2.48 bits per heavy atom.